The second kappa shape index (κ2) is 7.76. The summed E-state index contributed by atoms with van der Waals surface area (Å²) in [6.45, 7) is 1.66. The number of aliphatic hydroxyl groups excluding tert-OH is 1. The maximum absolute atomic E-state index is 11.7. The van der Waals surface area contributed by atoms with Crippen LogP contribution in [0.3, 0.4) is 0 Å². The number of likely N-dealkylation sites (N-methyl/N-ethyl adjacent to an activating group) is 1. The van der Waals surface area contributed by atoms with Crippen LogP contribution in [0.5, 0.6) is 0 Å². The van der Waals surface area contributed by atoms with Gasteiger partial charge in [0.2, 0.25) is 0 Å². The first-order valence-corrected chi connectivity index (χ1v) is 6.36. The number of nitrogens with one attached hydrogen (secondary N) is 1. The molecule has 1 aromatic carbocycles. The van der Waals surface area contributed by atoms with E-state index >= 15 is 0 Å². The highest BCUT2D eigenvalue weighted by atomic mass is 16.3. The van der Waals surface area contributed by atoms with Crippen molar-refractivity contribution >= 4 is 6.03 Å². The molecule has 0 unspecified atom stereocenters. The number of nitrogens with zero attached hydrogens (tertiary/aromatic N) is 2. The van der Waals surface area contributed by atoms with Gasteiger partial charge < -0.3 is 20.2 Å². The molecule has 0 saturated heterocycles. The molecule has 0 aromatic heterocycles. The molecular weight excluding hydrogens is 242 g/mol. The number of carbonyl (C=O) groups excluding carboxylic acids is 1. The molecule has 0 heterocycles. The molecule has 0 fully saturated rings. The standard InChI is InChI=1S/C14H23N3O2/c1-16(2)11-13-7-5-4-6-12(13)10-15-14(19)17(3)8-9-18/h4-7,18H,8-11H2,1-3H3,(H,15,19). The fourth-order valence-corrected chi connectivity index (χ4v) is 1.78. The summed E-state index contributed by atoms with van der Waals surface area (Å²) in [5.74, 6) is 0. The van der Waals surface area contributed by atoms with Gasteiger partial charge in [-0.05, 0) is 25.2 Å². The summed E-state index contributed by atoms with van der Waals surface area (Å²) < 4.78 is 0. The summed E-state index contributed by atoms with van der Waals surface area (Å²) in [5.41, 5.74) is 2.32. The van der Waals surface area contributed by atoms with Crippen LogP contribution in [0.2, 0.25) is 0 Å². The lowest BCUT2D eigenvalue weighted by atomic mass is 10.1. The summed E-state index contributed by atoms with van der Waals surface area (Å²) in [7, 11) is 5.70. The van der Waals surface area contributed by atoms with Crippen molar-refractivity contribution in [1.29, 1.82) is 0 Å². The van der Waals surface area contributed by atoms with Crippen LogP contribution in [-0.2, 0) is 13.1 Å². The number of rotatable bonds is 6. The molecule has 106 valence electrons. The Balaban J connectivity index is 2.59. The summed E-state index contributed by atoms with van der Waals surface area (Å²) in [4.78, 5) is 15.3. The van der Waals surface area contributed by atoms with Gasteiger partial charge in [-0.15, -0.1) is 0 Å². The fourth-order valence-electron chi connectivity index (χ4n) is 1.78. The van der Waals surface area contributed by atoms with Gasteiger partial charge in [-0.3, -0.25) is 0 Å². The van der Waals surface area contributed by atoms with E-state index in [4.69, 9.17) is 5.11 Å². The quantitative estimate of drug-likeness (QED) is 0.803. The minimum Gasteiger partial charge on any atom is -0.395 e. The van der Waals surface area contributed by atoms with Gasteiger partial charge in [0.05, 0.1) is 6.61 Å². The molecule has 0 bridgehead atoms. The van der Waals surface area contributed by atoms with Crippen LogP contribution >= 0.6 is 0 Å². The molecule has 0 spiro atoms. The van der Waals surface area contributed by atoms with Gasteiger partial charge in [-0.1, -0.05) is 24.3 Å². The molecule has 0 aliphatic carbocycles. The van der Waals surface area contributed by atoms with E-state index in [0.29, 0.717) is 13.1 Å². The van der Waals surface area contributed by atoms with Crippen LogP contribution in [0.25, 0.3) is 0 Å². The van der Waals surface area contributed by atoms with Crippen LogP contribution < -0.4 is 5.32 Å². The first kappa shape index (κ1) is 15.5. The third-order valence-electron chi connectivity index (χ3n) is 2.82. The van der Waals surface area contributed by atoms with Crippen molar-refractivity contribution in [2.45, 2.75) is 13.1 Å². The van der Waals surface area contributed by atoms with Crippen molar-refractivity contribution in [1.82, 2.24) is 15.1 Å². The molecule has 0 saturated carbocycles. The third kappa shape index (κ3) is 5.28. The normalized spacial score (nSPS) is 10.6. The van der Waals surface area contributed by atoms with Crippen molar-refractivity contribution < 1.29 is 9.90 Å². The fraction of sp³-hybridized carbons (Fsp3) is 0.500. The highest BCUT2D eigenvalue weighted by Gasteiger charge is 2.08. The highest BCUT2D eigenvalue weighted by molar-refractivity contribution is 5.73. The number of aliphatic hydroxyl groups is 1. The smallest absolute Gasteiger partial charge is 0.317 e. The van der Waals surface area contributed by atoms with Gasteiger partial charge in [0.25, 0.3) is 0 Å². The molecule has 0 radical (unpaired) electrons. The van der Waals surface area contributed by atoms with Crippen molar-refractivity contribution in [3.63, 3.8) is 0 Å². The van der Waals surface area contributed by atoms with Gasteiger partial charge in [-0.2, -0.15) is 0 Å². The molecule has 5 nitrogen and oxygen atoms in total. The maximum atomic E-state index is 11.7. The predicted octanol–water partition coefficient (Wildman–Crippen LogP) is 0.882. The average Bonchev–Trinajstić information content (AvgIpc) is 2.37. The van der Waals surface area contributed by atoms with Crippen molar-refractivity contribution in [2.75, 3.05) is 34.3 Å². The number of urea groups is 1. The summed E-state index contributed by atoms with van der Waals surface area (Å²) in [6.07, 6.45) is 0. The molecule has 1 rings (SSSR count). The SMILES string of the molecule is CN(C)Cc1ccccc1CNC(=O)N(C)CCO. The lowest BCUT2D eigenvalue weighted by Gasteiger charge is -2.18. The summed E-state index contributed by atoms with van der Waals surface area (Å²) in [6, 6.07) is 7.89. The summed E-state index contributed by atoms with van der Waals surface area (Å²) in [5, 5.41) is 11.6. The molecule has 0 aliphatic rings. The molecule has 5 heteroatoms. The third-order valence-corrected chi connectivity index (χ3v) is 2.82. The summed E-state index contributed by atoms with van der Waals surface area (Å²) >= 11 is 0. The van der Waals surface area contributed by atoms with Crippen molar-refractivity contribution in [2.24, 2.45) is 0 Å². The van der Waals surface area contributed by atoms with Crippen LogP contribution in [0.4, 0.5) is 4.79 Å². The van der Waals surface area contributed by atoms with Crippen molar-refractivity contribution in [3.05, 3.63) is 35.4 Å². The Morgan fingerprint density at radius 1 is 1.21 bits per heavy atom. The average molecular weight is 265 g/mol. The number of benzene rings is 1. The van der Waals surface area contributed by atoms with E-state index in [2.05, 4.69) is 16.3 Å². The molecule has 2 amide bonds. The van der Waals surface area contributed by atoms with E-state index in [1.165, 1.54) is 10.5 Å². The Kier molecular flexibility index (Phi) is 6.32. The van der Waals surface area contributed by atoms with Crippen LogP contribution in [0.1, 0.15) is 11.1 Å². The molecule has 19 heavy (non-hydrogen) atoms. The first-order valence-electron chi connectivity index (χ1n) is 6.36. The van der Waals surface area contributed by atoms with E-state index in [9.17, 15) is 4.79 Å². The van der Waals surface area contributed by atoms with Gasteiger partial charge >= 0.3 is 6.03 Å². The van der Waals surface area contributed by atoms with Gasteiger partial charge in [0.15, 0.2) is 0 Å². The van der Waals surface area contributed by atoms with E-state index in [0.717, 1.165) is 12.1 Å². The lowest BCUT2D eigenvalue weighted by molar-refractivity contribution is 0.190. The second-order valence-electron chi connectivity index (χ2n) is 4.81. The van der Waals surface area contributed by atoms with E-state index in [1.54, 1.807) is 7.05 Å². The largest absolute Gasteiger partial charge is 0.395 e. The van der Waals surface area contributed by atoms with Crippen LogP contribution in [0.15, 0.2) is 24.3 Å². The minimum absolute atomic E-state index is 0.0267. The monoisotopic (exact) mass is 265 g/mol. The molecule has 1 aromatic rings. The zero-order valence-electron chi connectivity index (χ0n) is 11.9. The molecule has 2 N–H and O–H groups in total. The second-order valence-corrected chi connectivity index (χ2v) is 4.81. The van der Waals surface area contributed by atoms with Gasteiger partial charge in [0, 0.05) is 26.7 Å². The van der Waals surface area contributed by atoms with Gasteiger partial charge in [0.1, 0.15) is 0 Å². The Hall–Kier alpha value is -1.59. The Bertz CT molecular complexity index is 407. The van der Waals surface area contributed by atoms with Gasteiger partial charge in [-0.25, -0.2) is 4.79 Å². The molecular formula is C14H23N3O2. The van der Waals surface area contributed by atoms with E-state index in [-0.39, 0.29) is 12.6 Å². The topological polar surface area (TPSA) is 55.8 Å². The minimum atomic E-state index is -0.172. The molecule has 0 aliphatic heterocycles. The van der Waals surface area contributed by atoms with Crippen LogP contribution in [-0.4, -0.2) is 55.2 Å². The van der Waals surface area contributed by atoms with E-state index in [1.807, 2.05) is 32.3 Å². The maximum Gasteiger partial charge on any atom is 0.317 e. The number of hydrogen-bond donors (Lipinski definition) is 2. The predicted molar refractivity (Wildman–Crippen MR) is 75.8 cm³/mol. The molecule has 0 atom stereocenters. The Labute approximate surface area is 114 Å². The highest BCUT2D eigenvalue weighted by Crippen LogP contribution is 2.10. The number of carbonyl (C=O) groups is 1. The lowest BCUT2D eigenvalue weighted by Crippen LogP contribution is -2.38. The van der Waals surface area contributed by atoms with E-state index < -0.39 is 0 Å². The van der Waals surface area contributed by atoms with Crippen molar-refractivity contribution in [3.8, 4) is 0 Å². The van der Waals surface area contributed by atoms with Crippen LogP contribution in [0, 0.1) is 0 Å². The Morgan fingerprint density at radius 3 is 2.42 bits per heavy atom. The zero-order valence-corrected chi connectivity index (χ0v) is 11.9. The number of hydrogen-bond acceptors (Lipinski definition) is 3. The first-order chi connectivity index (χ1) is 9.04. The zero-order chi connectivity index (χ0) is 14.3. The number of amides is 2. The Morgan fingerprint density at radius 2 is 1.84 bits per heavy atom.